The first-order chi connectivity index (χ1) is 12.2. The third kappa shape index (κ3) is 5.31. The monoisotopic (exact) mass is 357 g/mol. The van der Waals surface area contributed by atoms with E-state index in [9.17, 15) is 4.79 Å². The molecule has 25 heavy (non-hydrogen) atoms. The van der Waals surface area contributed by atoms with E-state index in [4.69, 9.17) is 0 Å². The molecule has 1 unspecified atom stereocenters. The van der Waals surface area contributed by atoms with Crippen LogP contribution in [0.4, 0.5) is 11.4 Å². The van der Waals surface area contributed by atoms with Crippen molar-refractivity contribution in [1.29, 1.82) is 0 Å². The van der Waals surface area contributed by atoms with Crippen LogP contribution in [0.5, 0.6) is 0 Å². The molecular weight excluding hydrogens is 330 g/mol. The highest BCUT2D eigenvalue weighted by Crippen LogP contribution is 2.22. The van der Waals surface area contributed by atoms with Gasteiger partial charge in [0.1, 0.15) is 0 Å². The molecule has 2 heterocycles. The zero-order valence-corrected chi connectivity index (χ0v) is 15.6. The Morgan fingerprint density at radius 2 is 1.84 bits per heavy atom. The largest absolute Gasteiger partial charge is 0.372 e. The molecule has 5 heteroatoms. The fourth-order valence-electron chi connectivity index (χ4n) is 3.17. The highest BCUT2D eigenvalue weighted by Gasteiger charge is 2.11. The Morgan fingerprint density at radius 3 is 2.48 bits per heavy atom. The number of benzene rings is 1. The molecule has 0 aliphatic carbocycles. The van der Waals surface area contributed by atoms with Crippen LogP contribution in [0.2, 0.25) is 0 Å². The average Bonchev–Trinajstić information content (AvgIpc) is 3.03. The molecule has 0 saturated carbocycles. The van der Waals surface area contributed by atoms with Gasteiger partial charge < -0.3 is 15.5 Å². The molecule has 2 N–H and O–H groups in total. The second kappa shape index (κ2) is 9.02. The maximum Gasteiger partial charge on any atom is 0.238 e. The van der Waals surface area contributed by atoms with Crippen molar-refractivity contribution in [3.63, 3.8) is 0 Å². The van der Waals surface area contributed by atoms with E-state index in [1.54, 1.807) is 11.3 Å². The second-order valence-corrected chi connectivity index (χ2v) is 7.59. The molecule has 2 aromatic rings. The highest BCUT2D eigenvalue weighted by atomic mass is 32.1. The summed E-state index contributed by atoms with van der Waals surface area (Å²) in [5.41, 5.74) is 2.11. The smallest absolute Gasteiger partial charge is 0.238 e. The fourth-order valence-corrected chi connectivity index (χ4v) is 3.93. The third-order valence-electron chi connectivity index (χ3n) is 4.66. The molecule has 1 aliphatic rings. The number of carbonyl (C=O) groups excluding carboxylic acids is 1. The summed E-state index contributed by atoms with van der Waals surface area (Å²) >= 11 is 1.70. The Bertz CT molecular complexity index is 646. The number of hydrogen-bond donors (Lipinski definition) is 2. The van der Waals surface area contributed by atoms with E-state index in [2.05, 4.69) is 46.0 Å². The molecule has 0 spiro atoms. The fraction of sp³-hybridized carbons (Fsp3) is 0.450. The van der Waals surface area contributed by atoms with E-state index < -0.39 is 0 Å². The van der Waals surface area contributed by atoms with Crippen molar-refractivity contribution in [1.82, 2.24) is 5.32 Å². The van der Waals surface area contributed by atoms with Gasteiger partial charge in [0.05, 0.1) is 6.54 Å². The number of nitrogens with one attached hydrogen (secondary N) is 2. The van der Waals surface area contributed by atoms with E-state index >= 15 is 0 Å². The maximum atomic E-state index is 12.1. The zero-order chi connectivity index (χ0) is 17.5. The van der Waals surface area contributed by atoms with Gasteiger partial charge in [0.15, 0.2) is 0 Å². The lowest BCUT2D eigenvalue weighted by Crippen LogP contribution is -2.29. The first-order valence-corrected chi connectivity index (χ1v) is 10.0. The van der Waals surface area contributed by atoms with E-state index in [-0.39, 0.29) is 11.9 Å². The number of amides is 1. The predicted molar refractivity (Wildman–Crippen MR) is 106 cm³/mol. The van der Waals surface area contributed by atoms with Gasteiger partial charge in [0, 0.05) is 35.4 Å². The van der Waals surface area contributed by atoms with Crippen molar-refractivity contribution < 1.29 is 4.79 Å². The molecule has 4 nitrogen and oxygen atoms in total. The van der Waals surface area contributed by atoms with Crippen LogP contribution in [0.3, 0.4) is 0 Å². The number of carbonyl (C=O) groups is 1. The van der Waals surface area contributed by atoms with Crippen molar-refractivity contribution >= 4 is 28.6 Å². The van der Waals surface area contributed by atoms with Gasteiger partial charge in [0.2, 0.25) is 5.91 Å². The summed E-state index contributed by atoms with van der Waals surface area (Å²) in [5, 5.41) is 8.29. The normalized spacial score (nSPS) is 16.3. The highest BCUT2D eigenvalue weighted by molar-refractivity contribution is 7.10. The molecule has 0 radical (unpaired) electrons. The van der Waals surface area contributed by atoms with Crippen molar-refractivity contribution in [3.05, 3.63) is 46.7 Å². The van der Waals surface area contributed by atoms with Gasteiger partial charge in [-0.2, -0.15) is 0 Å². The van der Waals surface area contributed by atoms with Crippen LogP contribution in [0, 0.1) is 0 Å². The predicted octanol–water partition coefficient (Wildman–Crippen LogP) is 4.42. The molecule has 0 bridgehead atoms. The molecule has 3 rings (SSSR count). The molecule has 1 saturated heterocycles. The SMILES string of the molecule is CC(NCC(=O)Nc1ccc(N2CCCCCC2)cc1)c1cccs1. The second-order valence-electron chi connectivity index (χ2n) is 6.61. The Morgan fingerprint density at radius 1 is 1.12 bits per heavy atom. The summed E-state index contributed by atoms with van der Waals surface area (Å²) in [6.45, 7) is 4.66. The van der Waals surface area contributed by atoms with Crippen LogP contribution >= 0.6 is 11.3 Å². The van der Waals surface area contributed by atoms with Crippen molar-refractivity contribution in [2.75, 3.05) is 29.9 Å². The van der Waals surface area contributed by atoms with Gasteiger partial charge in [-0.1, -0.05) is 18.9 Å². The lowest BCUT2D eigenvalue weighted by Gasteiger charge is -2.22. The lowest BCUT2D eigenvalue weighted by molar-refractivity contribution is -0.115. The summed E-state index contributed by atoms with van der Waals surface area (Å²) in [6.07, 6.45) is 5.21. The van der Waals surface area contributed by atoms with Crippen molar-refractivity contribution in [3.8, 4) is 0 Å². The third-order valence-corrected chi connectivity index (χ3v) is 5.72. The average molecular weight is 358 g/mol. The maximum absolute atomic E-state index is 12.1. The van der Waals surface area contributed by atoms with E-state index in [0.29, 0.717) is 6.54 Å². The minimum absolute atomic E-state index is 0.00840. The number of thiophene rings is 1. The van der Waals surface area contributed by atoms with Gasteiger partial charge in [-0.05, 0) is 55.5 Å². The van der Waals surface area contributed by atoms with Gasteiger partial charge in [-0.3, -0.25) is 4.79 Å². The Hall–Kier alpha value is -1.85. The van der Waals surface area contributed by atoms with Gasteiger partial charge in [-0.25, -0.2) is 0 Å². The molecule has 1 aliphatic heterocycles. The van der Waals surface area contributed by atoms with Crippen molar-refractivity contribution in [2.45, 2.75) is 38.6 Å². The standard InChI is InChI=1S/C20H27N3OS/c1-16(19-7-6-14-25-19)21-15-20(24)22-17-8-10-18(11-9-17)23-12-4-2-3-5-13-23/h6-11,14,16,21H,2-5,12-13,15H2,1H3,(H,22,24). The van der Waals surface area contributed by atoms with Gasteiger partial charge >= 0.3 is 0 Å². The molecule has 1 fully saturated rings. The minimum Gasteiger partial charge on any atom is -0.372 e. The topological polar surface area (TPSA) is 44.4 Å². The number of hydrogen-bond acceptors (Lipinski definition) is 4. The molecule has 1 aromatic carbocycles. The molecule has 1 aromatic heterocycles. The van der Waals surface area contributed by atoms with Crippen molar-refractivity contribution in [2.24, 2.45) is 0 Å². The van der Waals surface area contributed by atoms with Crippen LogP contribution in [0.25, 0.3) is 0 Å². The Labute approximate surface area is 154 Å². The van der Waals surface area contributed by atoms with E-state index in [0.717, 1.165) is 18.8 Å². The molecule has 134 valence electrons. The summed E-state index contributed by atoms with van der Waals surface area (Å²) in [6, 6.07) is 12.5. The summed E-state index contributed by atoms with van der Waals surface area (Å²) in [7, 11) is 0. The summed E-state index contributed by atoms with van der Waals surface area (Å²) in [5.74, 6) is -0.00840. The van der Waals surface area contributed by atoms with Gasteiger partial charge in [0.25, 0.3) is 0 Å². The zero-order valence-electron chi connectivity index (χ0n) is 14.8. The van der Waals surface area contributed by atoms with Gasteiger partial charge in [-0.15, -0.1) is 11.3 Å². The van der Waals surface area contributed by atoms with E-state index in [1.807, 2.05) is 18.2 Å². The van der Waals surface area contributed by atoms with Crippen LogP contribution in [-0.2, 0) is 4.79 Å². The quantitative estimate of drug-likeness (QED) is 0.804. The Kier molecular flexibility index (Phi) is 6.48. The van der Waals surface area contributed by atoms with Crippen LogP contribution in [-0.4, -0.2) is 25.5 Å². The van der Waals surface area contributed by atoms with Crippen LogP contribution in [0.15, 0.2) is 41.8 Å². The molecule has 1 amide bonds. The minimum atomic E-state index is -0.00840. The summed E-state index contributed by atoms with van der Waals surface area (Å²) in [4.78, 5) is 15.8. The Balaban J connectivity index is 1.48. The van der Waals surface area contributed by atoms with Crippen LogP contribution in [0.1, 0.15) is 43.5 Å². The first kappa shape index (κ1) is 18.0. The first-order valence-electron chi connectivity index (χ1n) is 9.14. The number of rotatable bonds is 6. The molecular formula is C20H27N3OS. The number of nitrogens with zero attached hydrogens (tertiary/aromatic N) is 1. The van der Waals surface area contributed by atoms with Crippen LogP contribution < -0.4 is 15.5 Å². The molecule has 1 atom stereocenters. The van der Waals surface area contributed by atoms with E-state index in [1.165, 1.54) is 36.2 Å². The summed E-state index contributed by atoms with van der Waals surface area (Å²) < 4.78 is 0. The number of anilines is 2. The lowest BCUT2D eigenvalue weighted by atomic mass is 10.2.